The number of phenols is 1. The van der Waals surface area contributed by atoms with E-state index in [0.29, 0.717) is 16.3 Å². The van der Waals surface area contributed by atoms with Crippen molar-refractivity contribution in [1.29, 1.82) is 0 Å². The minimum absolute atomic E-state index is 0.0622. The van der Waals surface area contributed by atoms with Gasteiger partial charge in [0.1, 0.15) is 5.75 Å². The number of nitrogens with zero attached hydrogens (tertiary/aromatic N) is 1. The van der Waals surface area contributed by atoms with Gasteiger partial charge in [0.15, 0.2) is 11.5 Å². The van der Waals surface area contributed by atoms with Crippen LogP contribution in [0.3, 0.4) is 0 Å². The minimum atomic E-state index is -0.557. The van der Waals surface area contributed by atoms with E-state index in [2.05, 4.69) is 10.5 Å². The number of esters is 1. The Morgan fingerprint density at radius 1 is 1.07 bits per heavy atom. The lowest BCUT2D eigenvalue weighted by molar-refractivity contribution is 0.0734. The molecule has 0 spiro atoms. The van der Waals surface area contributed by atoms with Crippen molar-refractivity contribution in [2.75, 3.05) is 7.11 Å². The molecule has 1 amide bonds. The molecule has 3 aromatic carbocycles. The van der Waals surface area contributed by atoms with Crippen LogP contribution in [0.25, 0.3) is 0 Å². The number of carbonyl (C=O) groups is 2. The summed E-state index contributed by atoms with van der Waals surface area (Å²) in [5.74, 6) is -0.549. The van der Waals surface area contributed by atoms with Gasteiger partial charge in [0.05, 0.1) is 23.9 Å². The van der Waals surface area contributed by atoms with Gasteiger partial charge in [0.25, 0.3) is 5.91 Å². The molecule has 0 bridgehead atoms. The van der Waals surface area contributed by atoms with Crippen LogP contribution < -0.4 is 14.9 Å². The second-order valence-electron chi connectivity index (χ2n) is 6.02. The highest BCUT2D eigenvalue weighted by Gasteiger charge is 2.12. The van der Waals surface area contributed by atoms with E-state index in [1.165, 1.54) is 31.5 Å². The van der Waals surface area contributed by atoms with Gasteiger partial charge < -0.3 is 14.6 Å². The largest absolute Gasteiger partial charge is 0.504 e. The van der Waals surface area contributed by atoms with E-state index in [9.17, 15) is 14.7 Å². The number of methoxy groups -OCH3 is 1. The zero-order valence-electron chi connectivity index (χ0n) is 15.8. The van der Waals surface area contributed by atoms with Crippen molar-refractivity contribution in [3.05, 3.63) is 88.4 Å². The number of halogens is 1. The lowest BCUT2D eigenvalue weighted by Crippen LogP contribution is -2.17. The van der Waals surface area contributed by atoms with Crippen LogP contribution in [-0.2, 0) is 0 Å². The average Bonchev–Trinajstić information content (AvgIpc) is 2.75. The predicted octanol–water partition coefficient (Wildman–Crippen LogP) is 4.04. The molecule has 8 heteroatoms. The van der Waals surface area contributed by atoms with Crippen molar-refractivity contribution < 1.29 is 24.2 Å². The third kappa shape index (κ3) is 5.15. The van der Waals surface area contributed by atoms with Crippen molar-refractivity contribution in [3.63, 3.8) is 0 Å². The van der Waals surface area contributed by atoms with E-state index in [1.807, 2.05) is 0 Å². The van der Waals surface area contributed by atoms with Crippen LogP contribution in [0.15, 0.2) is 71.8 Å². The van der Waals surface area contributed by atoms with Crippen molar-refractivity contribution in [3.8, 4) is 17.2 Å². The summed E-state index contributed by atoms with van der Waals surface area (Å²) in [5.41, 5.74) is 3.62. The van der Waals surface area contributed by atoms with Gasteiger partial charge in [-0.2, -0.15) is 5.10 Å². The number of phenolic OH excluding ortho intramolecular Hbond substituents is 1. The van der Waals surface area contributed by atoms with Gasteiger partial charge in [-0.1, -0.05) is 23.7 Å². The van der Waals surface area contributed by atoms with E-state index in [4.69, 9.17) is 21.1 Å². The summed E-state index contributed by atoms with van der Waals surface area (Å²) in [4.78, 5) is 24.3. The van der Waals surface area contributed by atoms with Gasteiger partial charge in [0, 0.05) is 5.56 Å². The highest BCUT2D eigenvalue weighted by molar-refractivity contribution is 6.33. The number of hydrogen-bond acceptors (Lipinski definition) is 6. The van der Waals surface area contributed by atoms with Gasteiger partial charge in [-0.05, 0) is 60.2 Å². The molecule has 0 saturated heterocycles. The Morgan fingerprint density at radius 3 is 2.50 bits per heavy atom. The van der Waals surface area contributed by atoms with Crippen LogP contribution in [0.1, 0.15) is 26.3 Å². The fourth-order valence-corrected chi connectivity index (χ4v) is 2.67. The summed E-state index contributed by atoms with van der Waals surface area (Å²) >= 11 is 5.99. The monoisotopic (exact) mass is 424 g/mol. The fraction of sp³-hybridized carbons (Fsp3) is 0.0455. The van der Waals surface area contributed by atoms with Gasteiger partial charge in [0.2, 0.25) is 0 Å². The second-order valence-corrected chi connectivity index (χ2v) is 6.43. The molecule has 0 aromatic heterocycles. The second kappa shape index (κ2) is 9.58. The van der Waals surface area contributed by atoms with Crippen LogP contribution in [0, 0.1) is 0 Å². The molecule has 0 aliphatic carbocycles. The summed E-state index contributed by atoms with van der Waals surface area (Å²) in [6.07, 6.45) is 1.44. The molecule has 3 aromatic rings. The maximum atomic E-state index is 12.2. The molecule has 0 aliphatic heterocycles. The fourth-order valence-electron chi connectivity index (χ4n) is 2.46. The highest BCUT2D eigenvalue weighted by atomic mass is 35.5. The number of rotatable bonds is 6. The van der Waals surface area contributed by atoms with Gasteiger partial charge >= 0.3 is 5.97 Å². The van der Waals surface area contributed by atoms with Crippen molar-refractivity contribution in [2.24, 2.45) is 5.10 Å². The van der Waals surface area contributed by atoms with E-state index < -0.39 is 11.9 Å². The molecule has 0 aliphatic rings. The lowest BCUT2D eigenvalue weighted by atomic mass is 10.2. The quantitative estimate of drug-likeness (QED) is 0.269. The van der Waals surface area contributed by atoms with E-state index >= 15 is 0 Å². The Labute approximate surface area is 177 Å². The van der Waals surface area contributed by atoms with Crippen molar-refractivity contribution in [2.45, 2.75) is 0 Å². The molecule has 152 valence electrons. The zero-order valence-corrected chi connectivity index (χ0v) is 16.6. The molecule has 2 N–H and O–H groups in total. The average molecular weight is 425 g/mol. The summed E-state index contributed by atoms with van der Waals surface area (Å²) in [5, 5.41) is 13.8. The SMILES string of the molecule is COc1cc(C(=O)N/N=C/c2ccc(OC(=O)c3ccccc3Cl)cc2)ccc1O. The smallest absolute Gasteiger partial charge is 0.345 e. The molecule has 0 radical (unpaired) electrons. The van der Waals surface area contributed by atoms with Crippen molar-refractivity contribution in [1.82, 2.24) is 5.43 Å². The Kier molecular flexibility index (Phi) is 6.67. The maximum Gasteiger partial charge on any atom is 0.345 e. The first-order valence-electron chi connectivity index (χ1n) is 8.75. The predicted molar refractivity (Wildman–Crippen MR) is 113 cm³/mol. The van der Waals surface area contributed by atoms with Crippen LogP contribution in [-0.4, -0.2) is 30.3 Å². The summed E-state index contributed by atoms with van der Waals surface area (Å²) in [6.45, 7) is 0. The third-order valence-electron chi connectivity index (χ3n) is 4.01. The van der Waals surface area contributed by atoms with Crippen LogP contribution in [0.4, 0.5) is 0 Å². The Hall–Kier alpha value is -3.84. The number of carbonyl (C=O) groups excluding carboxylic acids is 2. The topological polar surface area (TPSA) is 97.2 Å². The minimum Gasteiger partial charge on any atom is -0.504 e. The first kappa shape index (κ1) is 20.9. The summed E-state index contributed by atoms with van der Waals surface area (Å²) in [6, 6.07) is 17.4. The number of amides is 1. The molecule has 7 nitrogen and oxygen atoms in total. The van der Waals surface area contributed by atoms with E-state index in [1.54, 1.807) is 48.5 Å². The lowest BCUT2D eigenvalue weighted by Gasteiger charge is -2.06. The summed E-state index contributed by atoms with van der Waals surface area (Å²) < 4.78 is 10.3. The third-order valence-corrected chi connectivity index (χ3v) is 4.34. The Morgan fingerprint density at radius 2 is 1.80 bits per heavy atom. The molecule has 0 heterocycles. The molecular formula is C22H17ClN2O5. The molecule has 3 rings (SSSR count). The van der Waals surface area contributed by atoms with E-state index in [-0.39, 0.29) is 22.6 Å². The molecule has 30 heavy (non-hydrogen) atoms. The molecular weight excluding hydrogens is 408 g/mol. The number of ether oxygens (including phenoxy) is 2. The number of hydrogen-bond donors (Lipinski definition) is 2. The van der Waals surface area contributed by atoms with Gasteiger partial charge in [-0.25, -0.2) is 10.2 Å². The van der Waals surface area contributed by atoms with Gasteiger partial charge in [-0.3, -0.25) is 4.79 Å². The highest BCUT2D eigenvalue weighted by Crippen LogP contribution is 2.26. The number of nitrogens with one attached hydrogen (secondary N) is 1. The number of aromatic hydroxyl groups is 1. The standard InChI is InChI=1S/C22H17ClN2O5/c1-29-20-12-15(8-11-19(20)26)21(27)25-24-13-14-6-9-16(10-7-14)30-22(28)17-4-2-3-5-18(17)23/h2-13,26H,1H3,(H,25,27)/b24-13+. The molecule has 0 unspecified atom stereocenters. The first-order valence-corrected chi connectivity index (χ1v) is 9.13. The van der Waals surface area contributed by atoms with Gasteiger partial charge in [-0.15, -0.1) is 0 Å². The molecule has 0 atom stereocenters. The molecule has 0 fully saturated rings. The normalized spacial score (nSPS) is 10.6. The van der Waals surface area contributed by atoms with Crippen LogP contribution >= 0.6 is 11.6 Å². The van der Waals surface area contributed by atoms with Crippen LogP contribution in [0.5, 0.6) is 17.2 Å². The van der Waals surface area contributed by atoms with Crippen LogP contribution in [0.2, 0.25) is 5.02 Å². The summed E-state index contributed by atoms with van der Waals surface area (Å²) in [7, 11) is 1.39. The van der Waals surface area contributed by atoms with Crippen molar-refractivity contribution >= 4 is 29.7 Å². The van der Waals surface area contributed by atoms with E-state index in [0.717, 1.165) is 0 Å². The Balaban J connectivity index is 1.59. The number of benzene rings is 3. The first-order chi connectivity index (χ1) is 14.5. The zero-order chi connectivity index (χ0) is 21.5. The Bertz CT molecular complexity index is 1100. The molecule has 0 saturated carbocycles. The number of hydrazone groups is 1. The maximum absolute atomic E-state index is 12.2.